The van der Waals surface area contributed by atoms with Gasteiger partial charge in [0, 0.05) is 43.0 Å². The average Bonchev–Trinajstić information content (AvgIpc) is 3.39. The number of hydrogen-bond donors (Lipinski definition) is 1. The molecule has 0 spiro atoms. The Morgan fingerprint density at radius 1 is 1.24 bits per heavy atom. The van der Waals surface area contributed by atoms with E-state index in [9.17, 15) is 13.2 Å². The Kier molecular flexibility index (Phi) is 6.03. The molecule has 34 heavy (non-hydrogen) atoms. The molecule has 0 atom stereocenters. The molecule has 0 unspecified atom stereocenters. The van der Waals surface area contributed by atoms with Gasteiger partial charge in [0.25, 0.3) is 0 Å². The number of rotatable bonds is 5. The van der Waals surface area contributed by atoms with Crippen LogP contribution in [0.1, 0.15) is 49.7 Å². The molecular formula is C23H28N6O3S2. The molecule has 1 aliphatic carbocycles. The van der Waals surface area contributed by atoms with E-state index in [0.717, 1.165) is 52.5 Å². The van der Waals surface area contributed by atoms with Crippen molar-refractivity contribution in [1.29, 1.82) is 0 Å². The van der Waals surface area contributed by atoms with Crippen LogP contribution in [0.5, 0.6) is 0 Å². The van der Waals surface area contributed by atoms with E-state index in [1.54, 1.807) is 4.31 Å². The Hall–Kier alpha value is -2.63. The van der Waals surface area contributed by atoms with E-state index in [1.807, 2.05) is 12.3 Å². The van der Waals surface area contributed by atoms with Gasteiger partial charge in [0.05, 0.1) is 34.3 Å². The van der Waals surface area contributed by atoms with Crippen LogP contribution in [-0.4, -0.2) is 57.7 Å². The maximum atomic E-state index is 12.0. The van der Waals surface area contributed by atoms with Crippen LogP contribution in [0, 0.1) is 0 Å². The summed E-state index contributed by atoms with van der Waals surface area (Å²) < 4.78 is 27.7. The number of hydrogen-bond acceptors (Lipinski definition) is 7. The first kappa shape index (κ1) is 23.1. The van der Waals surface area contributed by atoms with E-state index >= 15 is 0 Å². The minimum atomic E-state index is -3.20. The predicted octanol–water partition coefficient (Wildman–Crippen LogP) is 3.28. The van der Waals surface area contributed by atoms with Crippen LogP contribution in [-0.2, 0) is 34.1 Å². The zero-order chi connectivity index (χ0) is 24.0. The van der Waals surface area contributed by atoms with Crippen molar-refractivity contribution in [3.05, 3.63) is 35.3 Å². The minimum Gasteiger partial charge on any atom is -0.302 e. The molecule has 5 rings (SSSR count). The normalized spacial score (nSPS) is 16.8. The summed E-state index contributed by atoms with van der Waals surface area (Å²) in [5.41, 5.74) is 6.13. The van der Waals surface area contributed by atoms with Gasteiger partial charge in [-0.05, 0) is 44.2 Å². The topological polar surface area (TPSA) is 110 Å². The van der Waals surface area contributed by atoms with Crippen molar-refractivity contribution in [3.8, 4) is 21.8 Å². The Morgan fingerprint density at radius 3 is 2.62 bits per heavy atom. The molecule has 0 radical (unpaired) electrons. The van der Waals surface area contributed by atoms with Crippen LogP contribution in [0.3, 0.4) is 0 Å². The number of nitrogens with one attached hydrogen (secondary N) is 1. The van der Waals surface area contributed by atoms with Crippen LogP contribution in [0.25, 0.3) is 21.8 Å². The van der Waals surface area contributed by atoms with Gasteiger partial charge in [0.2, 0.25) is 15.9 Å². The van der Waals surface area contributed by atoms with Crippen molar-refractivity contribution in [2.75, 3.05) is 24.7 Å². The Bertz CT molecular complexity index is 1340. The maximum absolute atomic E-state index is 12.0. The third kappa shape index (κ3) is 4.27. The summed E-state index contributed by atoms with van der Waals surface area (Å²) in [6, 6.07) is 4.21. The van der Waals surface area contributed by atoms with Gasteiger partial charge in [-0.1, -0.05) is 18.3 Å². The second-order valence-electron chi connectivity index (χ2n) is 8.88. The lowest BCUT2D eigenvalue weighted by Crippen LogP contribution is -2.38. The first-order valence-electron chi connectivity index (χ1n) is 11.5. The predicted molar refractivity (Wildman–Crippen MR) is 132 cm³/mol. The van der Waals surface area contributed by atoms with Crippen molar-refractivity contribution in [2.45, 2.75) is 52.0 Å². The monoisotopic (exact) mass is 500 g/mol. The number of nitrogens with zero attached hydrogens (tertiary/aromatic N) is 5. The van der Waals surface area contributed by atoms with Crippen LogP contribution >= 0.6 is 11.3 Å². The number of anilines is 1. The third-order valence-electron chi connectivity index (χ3n) is 6.51. The summed E-state index contributed by atoms with van der Waals surface area (Å²) in [6.07, 6.45) is 7.01. The molecule has 1 N–H and O–H groups in total. The van der Waals surface area contributed by atoms with Crippen molar-refractivity contribution in [1.82, 2.24) is 24.1 Å². The minimum absolute atomic E-state index is 0.0839. The standard InChI is InChI=1S/C23H28N6O3S2/c1-4-16-6-5-15(13-24-16)20-18-7-8-19-22(33-23(26-19)25-14(2)30)21(18)29(27-20)17-9-11-28(12-10-17)34(3,31)32/h5-6,13,17H,4,7-12H2,1-3H3,(H,25,26,30). The average molecular weight is 501 g/mol. The third-order valence-corrected chi connectivity index (χ3v) is 8.84. The molecule has 1 aliphatic heterocycles. The zero-order valence-electron chi connectivity index (χ0n) is 19.5. The largest absolute Gasteiger partial charge is 0.302 e. The molecule has 3 aromatic rings. The number of pyridine rings is 1. The second-order valence-corrected chi connectivity index (χ2v) is 11.9. The molecule has 1 saturated heterocycles. The summed E-state index contributed by atoms with van der Waals surface area (Å²) in [5.74, 6) is -0.143. The Balaban J connectivity index is 1.59. The van der Waals surface area contributed by atoms with Gasteiger partial charge in [0.15, 0.2) is 5.13 Å². The molecule has 11 heteroatoms. The molecule has 0 saturated carbocycles. The van der Waals surface area contributed by atoms with Crippen LogP contribution < -0.4 is 5.32 Å². The Morgan fingerprint density at radius 2 is 2.00 bits per heavy atom. The first-order chi connectivity index (χ1) is 16.2. The molecule has 1 fully saturated rings. The lowest BCUT2D eigenvalue weighted by Gasteiger charge is -2.31. The number of carbonyl (C=O) groups excluding carboxylic acids is 1. The van der Waals surface area contributed by atoms with Gasteiger partial charge in [-0.25, -0.2) is 17.7 Å². The summed E-state index contributed by atoms with van der Waals surface area (Å²) in [6.45, 7) is 4.52. The Labute approximate surface area is 203 Å². The van der Waals surface area contributed by atoms with E-state index < -0.39 is 10.0 Å². The highest BCUT2D eigenvalue weighted by Crippen LogP contribution is 2.45. The molecular weight excluding hydrogens is 472 g/mol. The second kappa shape index (κ2) is 8.86. The number of sulfonamides is 1. The van der Waals surface area contributed by atoms with Crippen LogP contribution in [0.4, 0.5) is 5.13 Å². The molecule has 2 aliphatic rings. The van der Waals surface area contributed by atoms with Gasteiger partial charge in [-0.2, -0.15) is 5.10 Å². The smallest absolute Gasteiger partial charge is 0.223 e. The first-order valence-corrected chi connectivity index (χ1v) is 14.2. The molecule has 0 aromatic carbocycles. The molecule has 0 bridgehead atoms. The molecule has 180 valence electrons. The van der Waals surface area contributed by atoms with Gasteiger partial charge in [-0.15, -0.1) is 0 Å². The summed E-state index contributed by atoms with van der Waals surface area (Å²) in [4.78, 5) is 21.9. The van der Waals surface area contributed by atoms with Crippen molar-refractivity contribution >= 4 is 32.4 Å². The number of piperidine rings is 1. The number of thiazole rings is 1. The number of carbonyl (C=O) groups is 1. The SMILES string of the molecule is CCc1ccc(-c2nn(C3CCN(S(C)(=O)=O)CC3)c3c2CCc2nc(NC(C)=O)sc2-3)cn1. The van der Waals surface area contributed by atoms with E-state index in [1.165, 1.54) is 30.1 Å². The number of fused-ring (bicyclic) bond motifs is 3. The van der Waals surface area contributed by atoms with Gasteiger partial charge < -0.3 is 5.32 Å². The highest BCUT2D eigenvalue weighted by atomic mass is 32.2. The van der Waals surface area contributed by atoms with Crippen molar-refractivity contribution < 1.29 is 13.2 Å². The van der Waals surface area contributed by atoms with Gasteiger partial charge >= 0.3 is 0 Å². The fourth-order valence-corrected chi connectivity index (χ4v) is 6.79. The van der Waals surface area contributed by atoms with Gasteiger partial charge in [-0.3, -0.25) is 14.5 Å². The van der Waals surface area contributed by atoms with E-state index in [4.69, 9.17) is 5.10 Å². The number of aromatic nitrogens is 4. The maximum Gasteiger partial charge on any atom is 0.223 e. The highest BCUT2D eigenvalue weighted by molar-refractivity contribution is 7.88. The van der Waals surface area contributed by atoms with E-state index in [0.29, 0.717) is 31.1 Å². The molecule has 9 nitrogen and oxygen atoms in total. The summed E-state index contributed by atoms with van der Waals surface area (Å²) in [5, 5.41) is 8.52. The fourth-order valence-electron chi connectivity index (χ4n) is 4.79. The van der Waals surface area contributed by atoms with Crippen LogP contribution in [0.15, 0.2) is 18.3 Å². The zero-order valence-corrected chi connectivity index (χ0v) is 21.2. The summed E-state index contributed by atoms with van der Waals surface area (Å²) in [7, 11) is -3.20. The quantitative estimate of drug-likeness (QED) is 0.576. The van der Waals surface area contributed by atoms with E-state index in [-0.39, 0.29) is 11.9 Å². The fraction of sp³-hybridized carbons (Fsp3) is 0.478. The van der Waals surface area contributed by atoms with E-state index in [2.05, 4.69) is 33.0 Å². The lowest BCUT2D eigenvalue weighted by atomic mass is 9.95. The number of aryl methyl sites for hydroxylation is 2. The lowest BCUT2D eigenvalue weighted by molar-refractivity contribution is -0.114. The van der Waals surface area contributed by atoms with Crippen molar-refractivity contribution in [2.24, 2.45) is 0 Å². The molecule has 1 amide bonds. The highest BCUT2D eigenvalue weighted by Gasteiger charge is 2.34. The van der Waals surface area contributed by atoms with Crippen LogP contribution in [0.2, 0.25) is 0 Å². The molecule has 3 aromatic heterocycles. The summed E-state index contributed by atoms with van der Waals surface area (Å²) >= 11 is 1.48. The number of amides is 1. The molecule has 4 heterocycles. The van der Waals surface area contributed by atoms with Gasteiger partial charge in [0.1, 0.15) is 0 Å². The van der Waals surface area contributed by atoms with Crippen molar-refractivity contribution in [3.63, 3.8) is 0 Å².